The Kier molecular flexibility index (Phi) is 8.06. The Morgan fingerprint density at radius 2 is 2.13 bits per heavy atom. The minimum absolute atomic E-state index is 0.00518. The van der Waals surface area contributed by atoms with Gasteiger partial charge in [-0.2, -0.15) is 4.98 Å². The summed E-state index contributed by atoms with van der Waals surface area (Å²) in [6, 6.07) is 12.1. The van der Waals surface area contributed by atoms with Gasteiger partial charge in [0.05, 0.1) is 29.3 Å². The summed E-state index contributed by atoms with van der Waals surface area (Å²) in [4.78, 5) is 23.9. The Labute approximate surface area is 237 Å². The largest absolute Gasteiger partial charge is 0.495 e. The van der Waals surface area contributed by atoms with Gasteiger partial charge in [0.1, 0.15) is 11.6 Å². The highest BCUT2D eigenvalue weighted by atomic mass is 79.9. The summed E-state index contributed by atoms with van der Waals surface area (Å²) in [6.07, 6.45) is 3.95. The van der Waals surface area contributed by atoms with Crippen LogP contribution in [0.25, 0.3) is 0 Å². The highest BCUT2D eigenvalue weighted by Crippen LogP contribution is 2.40. The summed E-state index contributed by atoms with van der Waals surface area (Å²) >= 11 is 3.56. The average molecular weight is 596 g/mol. The summed E-state index contributed by atoms with van der Waals surface area (Å²) in [5.74, 6) is 2.22. The summed E-state index contributed by atoms with van der Waals surface area (Å²) < 4.78 is 6.46. The van der Waals surface area contributed by atoms with Gasteiger partial charge in [0.2, 0.25) is 11.9 Å². The molecule has 0 saturated carbocycles. The third kappa shape index (κ3) is 5.73. The Morgan fingerprint density at radius 3 is 2.92 bits per heavy atom. The number of ether oxygens (including phenoxy) is 1. The zero-order chi connectivity index (χ0) is 27.6. The smallest absolute Gasteiger partial charge is 0.234 e. The van der Waals surface area contributed by atoms with Crippen LogP contribution in [0.15, 0.2) is 47.1 Å². The molecule has 10 heteroatoms. The van der Waals surface area contributed by atoms with Crippen molar-refractivity contribution in [1.29, 1.82) is 0 Å². The van der Waals surface area contributed by atoms with Crippen LogP contribution in [0, 0.1) is 0 Å². The lowest BCUT2D eigenvalue weighted by Crippen LogP contribution is -2.36. The maximum absolute atomic E-state index is 12.5. The van der Waals surface area contributed by atoms with Gasteiger partial charge in [0.25, 0.3) is 0 Å². The van der Waals surface area contributed by atoms with Crippen LogP contribution >= 0.6 is 15.9 Å². The fraction of sp³-hybridized carbons (Fsp3) is 0.414. The number of rotatable bonds is 9. The molecule has 5 rings (SSSR count). The number of halogens is 1. The standard InChI is InChI=1S/C29H35BrN6O3/c1-29(2)25-19(6-4-8-23(25)33-27(29)38)15-31-26-21(30)16-32-28(35-26)34-22-10-9-18(14-24(22)39-3)20-7-5-11-36(17-20)12-13-37/h4,6,8-10,14,16,20,37H,5,7,11-13,15,17H2,1-3H3,(H,33,38)(H2,31,32,34,35). The molecule has 0 radical (unpaired) electrons. The molecule has 9 nitrogen and oxygen atoms in total. The number of aromatic nitrogens is 2. The molecule has 1 amide bonds. The number of aliphatic hydroxyl groups excluding tert-OH is 1. The third-order valence-electron chi connectivity index (χ3n) is 7.65. The first kappa shape index (κ1) is 27.4. The monoisotopic (exact) mass is 594 g/mol. The summed E-state index contributed by atoms with van der Waals surface area (Å²) in [5.41, 5.74) is 4.32. The van der Waals surface area contributed by atoms with Crippen molar-refractivity contribution in [2.24, 2.45) is 0 Å². The molecule has 0 bridgehead atoms. The number of hydrogen-bond acceptors (Lipinski definition) is 8. The number of methoxy groups -OCH3 is 1. The fourth-order valence-corrected chi connectivity index (χ4v) is 5.90. The van der Waals surface area contributed by atoms with Gasteiger partial charge in [0.15, 0.2) is 0 Å². The van der Waals surface area contributed by atoms with E-state index in [0.29, 0.717) is 30.8 Å². The second-order valence-electron chi connectivity index (χ2n) is 10.6. The molecular weight excluding hydrogens is 560 g/mol. The Hall–Kier alpha value is -3.21. The fourth-order valence-electron chi connectivity index (χ4n) is 5.57. The van der Waals surface area contributed by atoms with Gasteiger partial charge in [0, 0.05) is 31.5 Å². The van der Waals surface area contributed by atoms with E-state index in [9.17, 15) is 9.90 Å². The van der Waals surface area contributed by atoms with Gasteiger partial charge < -0.3 is 30.7 Å². The van der Waals surface area contributed by atoms with E-state index in [1.165, 1.54) is 5.56 Å². The van der Waals surface area contributed by atoms with Crippen molar-refractivity contribution < 1.29 is 14.6 Å². The number of piperidine rings is 1. The quantitative estimate of drug-likeness (QED) is 0.274. The topological polar surface area (TPSA) is 112 Å². The molecule has 39 heavy (non-hydrogen) atoms. The first-order chi connectivity index (χ1) is 18.8. The molecule has 1 fully saturated rings. The Morgan fingerprint density at radius 1 is 1.28 bits per heavy atom. The maximum atomic E-state index is 12.5. The summed E-state index contributed by atoms with van der Waals surface area (Å²) in [6.45, 7) is 7.26. The number of nitrogens with zero attached hydrogens (tertiary/aromatic N) is 3. The van der Waals surface area contributed by atoms with Gasteiger partial charge in [-0.25, -0.2) is 4.98 Å². The zero-order valence-corrected chi connectivity index (χ0v) is 24.1. The van der Waals surface area contributed by atoms with Crippen LogP contribution in [0.4, 0.5) is 23.1 Å². The van der Waals surface area contributed by atoms with E-state index < -0.39 is 5.41 Å². The molecule has 1 saturated heterocycles. The summed E-state index contributed by atoms with van der Waals surface area (Å²) in [5, 5.41) is 19.0. The normalized spacial score (nSPS) is 18.4. The SMILES string of the molecule is COc1cc(C2CCCN(CCO)C2)ccc1Nc1ncc(Br)c(NCc2cccc3c2C(C)(C)C(=O)N3)n1. The molecule has 3 heterocycles. The van der Waals surface area contributed by atoms with E-state index in [-0.39, 0.29) is 12.5 Å². The van der Waals surface area contributed by atoms with Crippen LogP contribution in [0.2, 0.25) is 0 Å². The van der Waals surface area contributed by atoms with Crippen LogP contribution in [0.5, 0.6) is 5.75 Å². The third-order valence-corrected chi connectivity index (χ3v) is 8.23. The molecular formula is C29H35BrN6O3. The lowest BCUT2D eigenvalue weighted by molar-refractivity contribution is -0.119. The van der Waals surface area contributed by atoms with Crippen molar-refractivity contribution in [3.63, 3.8) is 0 Å². The van der Waals surface area contributed by atoms with Crippen LogP contribution < -0.4 is 20.7 Å². The number of aliphatic hydroxyl groups is 1. The van der Waals surface area contributed by atoms with E-state index in [2.05, 4.69) is 53.9 Å². The van der Waals surface area contributed by atoms with E-state index in [4.69, 9.17) is 9.72 Å². The number of carbonyl (C=O) groups is 1. The zero-order valence-electron chi connectivity index (χ0n) is 22.6. The number of hydrogen-bond donors (Lipinski definition) is 4. The van der Waals surface area contributed by atoms with Crippen molar-refractivity contribution in [3.05, 3.63) is 63.8 Å². The molecule has 1 unspecified atom stereocenters. The molecule has 1 atom stereocenters. The second-order valence-corrected chi connectivity index (χ2v) is 11.5. The predicted molar refractivity (Wildman–Crippen MR) is 157 cm³/mol. The number of fused-ring (bicyclic) bond motifs is 1. The predicted octanol–water partition coefficient (Wildman–Crippen LogP) is 5.00. The van der Waals surface area contributed by atoms with Crippen LogP contribution in [-0.4, -0.2) is 59.2 Å². The minimum Gasteiger partial charge on any atom is -0.495 e. The van der Waals surface area contributed by atoms with E-state index in [1.54, 1.807) is 13.3 Å². The van der Waals surface area contributed by atoms with Crippen molar-refractivity contribution in [3.8, 4) is 5.75 Å². The molecule has 0 aliphatic carbocycles. The number of anilines is 4. The second kappa shape index (κ2) is 11.5. The van der Waals surface area contributed by atoms with Crippen molar-refractivity contribution >= 4 is 45.0 Å². The molecule has 206 valence electrons. The molecule has 0 spiro atoms. The van der Waals surface area contributed by atoms with E-state index in [1.807, 2.05) is 38.1 Å². The number of β-amino-alcohol motifs (C(OH)–C–C–N with tert-alkyl or cyclic N) is 1. The first-order valence-electron chi connectivity index (χ1n) is 13.3. The number of likely N-dealkylation sites (tertiary alicyclic amines) is 1. The highest BCUT2D eigenvalue weighted by Gasteiger charge is 2.39. The van der Waals surface area contributed by atoms with Gasteiger partial charge in [-0.15, -0.1) is 0 Å². The van der Waals surface area contributed by atoms with Gasteiger partial charge in [-0.1, -0.05) is 18.2 Å². The number of benzene rings is 2. The number of nitrogens with one attached hydrogen (secondary N) is 3. The average Bonchev–Trinajstić information content (AvgIpc) is 3.17. The number of amides is 1. The molecule has 4 N–H and O–H groups in total. The molecule has 2 aliphatic rings. The van der Waals surface area contributed by atoms with Crippen molar-refractivity contribution in [2.75, 3.05) is 49.3 Å². The van der Waals surface area contributed by atoms with Crippen LogP contribution in [0.3, 0.4) is 0 Å². The molecule has 2 aliphatic heterocycles. The van der Waals surface area contributed by atoms with E-state index >= 15 is 0 Å². The first-order valence-corrected chi connectivity index (χ1v) is 14.1. The molecule has 1 aromatic heterocycles. The lowest BCUT2D eigenvalue weighted by Gasteiger charge is -2.32. The van der Waals surface area contributed by atoms with Crippen LogP contribution in [0.1, 0.15) is 49.3 Å². The molecule has 3 aromatic rings. The van der Waals surface area contributed by atoms with Gasteiger partial charge in [-0.05, 0) is 90.0 Å². The van der Waals surface area contributed by atoms with Crippen molar-refractivity contribution in [1.82, 2.24) is 14.9 Å². The van der Waals surface area contributed by atoms with E-state index in [0.717, 1.165) is 58.7 Å². The summed E-state index contributed by atoms with van der Waals surface area (Å²) in [7, 11) is 1.66. The Bertz CT molecular complexity index is 1360. The Balaban J connectivity index is 1.31. The van der Waals surface area contributed by atoms with Gasteiger partial charge in [-0.3, -0.25) is 4.79 Å². The maximum Gasteiger partial charge on any atom is 0.234 e. The number of carbonyl (C=O) groups excluding carboxylic acids is 1. The van der Waals surface area contributed by atoms with Crippen LogP contribution in [-0.2, 0) is 16.8 Å². The van der Waals surface area contributed by atoms with Crippen molar-refractivity contribution in [2.45, 2.75) is 44.6 Å². The minimum atomic E-state index is -0.597. The van der Waals surface area contributed by atoms with Gasteiger partial charge >= 0.3 is 0 Å². The highest BCUT2D eigenvalue weighted by molar-refractivity contribution is 9.10. The lowest BCUT2D eigenvalue weighted by atomic mass is 9.83. The molecule has 2 aromatic carbocycles.